The van der Waals surface area contributed by atoms with E-state index in [0.29, 0.717) is 12.1 Å². The van der Waals surface area contributed by atoms with Crippen LogP contribution in [0, 0.1) is 6.92 Å². The number of hydrogen-bond acceptors (Lipinski definition) is 5. The van der Waals surface area contributed by atoms with Gasteiger partial charge in [0.25, 0.3) is 11.7 Å². The Balaban J connectivity index is 2.01. The number of Topliss-reactive ketones (excluding diaryl/α,β-unsaturated/α-hetero) is 1. The highest BCUT2D eigenvalue weighted by molar-refractivity contribution is 6.46. The Morgan fingerprint density at radius 1 is 1.03 bits per heavy atom. The third-order valence-corrected chi connectivity index (χ3v) is 6.20. The van der Waals surface area contributed by atoms with E-state index >= 15 is 0 Å². The zero-order valence-corrected chi connectivity index (χ0v) is 20.9. The predicted octanol–water partition coefficient (Wildman–Crippen LogP) is 4.94. The summed E-state index contributed by atoms with van der Waals surface area (Å²) in [7, 11) is 0. The largest absolute Gasteiger partial charge is 0.507 e. The van der Waals surface area contributed by atoms with Crippen LogP contribution < -0.4 is 4.74 Å². The lowest BCUT2D eigenvalue weighted by Gasteiger charge is -2.27. The van der Waals surface area contributed by atoms with Crippen molar-refractivity contribution in [1.82, 2.24) is 9.80 Å². The first-order valence-electron chi connectivity index (χ1n) is 12.1. The predicted molar refractivity (Wildman–Crippen MR) is 135 cm³/mol. The number of benzene rings is 2. The number of carbonyl (C=O) groups excluding carboxylic acids is 2. The number of rotatable bonds is 10. The van der Waals surface area contributed by atoms with Gasteiger partial charge in [0.2, 0.25) is 0 Å². The fourth-order valence-corrected chi connectivity index (χ4v) is 4.33. The van der Waals surface area contributed by atoms with Crippen LogP contribution in [0.1, 0.15) is 56.8 Å². The van der Waals surface area contributed by atoms with Gasteiger partial charge in [0.1, 0.15) is 11.5 Å². The van der Waals surface area contributed by atoms with Crippen LogP contribution in [0.2, 0.25) is 0 Å². The maximum absolute atomic E-state index is 13.2. The topological polar surface area (TPSA) is 70.1 Å². The van der Waals surface area contributed by atoms with Crippen molar-refractivity contribution in [3.63, 3.8) is 0 Å². The summed E-state index contributed by atoms with van der Waals surface area (Å²) in [6.45, 7) is 13.2. The smallest absolute Gasteiger partial charge is 0.295 e. The summed E-state index contributed by atoms with van der Waals surface area (Å²) in [6, 6.07) is 14.1. The van der Waals surface area contributed by atoms with E-state index < -0.39 is 17.7 Å². The Morgan fingerprint density at radius 2 is 1.65 bits per heavy atom. The van der Waals surface area contributed by atoms with Gasteiger partial charge in [-0.15, -0.1) is 0 Å². The molecule has 1 aliphatic rings. The standard InChI is InChI=1S/C28H36N2O4/c1-6-29(7-2)17-8-18-30-25(21-13-15-23(16-14-21)34-19(3)4)24(27(32)28(30)33)26(31)22-11-9-20(5)10-12-22/h9-16,19,25,31H,6-8,17-18H2,1-5H3/b26-24-. The molecule has 1 aliphatic heterocycles. The molecule has 1 saturated heterocycles. The molecule has 0 aliphatic carbocycles. The van der Waals surface area contributed by atoms with E-state index in [9.17, 15) is 14.7 Å². The summed E-state index contributed by atoms with van der Waals surface area (Å²) >= 11 is 0. The number of aliphatic hydroxyl groups is 1. The van der Waals surface area contributed by atoms with Gasteiger partial charge in [-0.1, -0.05) is 55.8 Å². The van der Waals surface area contributed by atoms with E-state index in [-0.39, 0.29) is 17.4 Å². The van der Waals surface area contributed by atoms with Crippen molar-refractivity contribution >= 4 is 17.4 Å². The highest BCUT2D eigenvalue weighted by atomic mass is 16.5. The monoisotopic (exact) mass is 464 g/mol. The molecular formula is C28H36N2O4. The minimum atomic E-state index is -0.647. The van der Waals surface area contributed by atoms with Gasteiger partial charge in [0.05, 0.1) is 17.7 Å². The van der Waals surface area contributed by atoms with Crippen LogP contribution in [-0.2, 0) is 9.59 Å². The van der Waals surface area contributed by atoms with Gasteiger partial charge in [-0.2, -0.15) is 0 Å². The van der Waals surface area contributed by atoms with Crippen molar-refractivity contribution in [2.24, 2.45) is 0 Å². The van der Waals surface area contributed by atoms with Gasteiger partial charge in [-0.05, 0) is 64.5 Å². The van der Waals surface area contributed by atoms with E-state index in [1.807, 2.05) is 57.2 Å². The fraction of sp³-hybridized carbons (Fsp3) is 0.429. The van der Waals surface area contributed by atoms with E-state index in [0.717, 1.165) is 42.9 Å². The summed E-state index contributed by atoms with van der Waals surface area (Å²) in [5.74, 6) is -0.637. The molecule has 0 saturated carbocycles. The van der Waals surface area contributed by atoms with Crippen molar-refractivity contribution in [3.8, 4) is 5.75 Å². The maximum atomic E-state index is 13.2. The second-order valence-corrected chi connectivity index (χ2v) is 8.97. The van der Waals surface area contributed by atoms with Gasteiger partial charge < -0.3 is 19.6 Å². The second kappa shape index (κ2) is 11.3. The van der Waals surface area contributed by atoms with E-state index in [2.05, 4.69) is 18.7 Å². The Labute approximate surface area is 202 Å². The number of ketones is 1. The SMILES string of the molecule is CCN(CC)CCCN1C(=O)C(=O)/C(=C(\O)c2ccc(C)cc2)C1c1ccc(OC(C)C)cc1. The van der Waals surface area contributed by atoms with Gasteiger partial charge in [0, 0.05) is 12.1 Å². The molecule has 0 radical (unpaired) electrons. The molecule has 0 bridgehead atoms. The highest BCUT2D eigenvalue weighted by Crippen LogP contribution is 2.40. The molecule has 34 heavy (non-hydrogen) atoms. The van der Waals surface area contributed by atoms with Crippen LogP contribution in [0.15, 0.2) is 54.1 Å². The minimum absolute atomic E-state index is 0.0399. The molecule has 0 aromatic heterocycles. The third-order valence-electron chi connectivity index (χ3n) is 6.20. The first-order valence-corrected chi connectivity index (χ1v) is 12.1. The molecule has 182 valence electrons. The number of hydrogen-bond donors (Lipinski definition) is 1. The Hall–Kier alpha value is -3.12. The van der Waals surface area contributed by atoms with Gasteiger partial charge in [-0.3, -0.25) is 9.59 Å². The van der Waals surface area contributed by atoms with Crippen LogP contribution in [0.3, 0.4) is 0 Å². The van der Waals surface area contributed by atoms with Gasteiger partial charge >= 0.3 is 0 Å². The average Bonchev–Trinajstić information content (AvgIpc) is 3.07. The number of aliphatic hydroxyl groups excluding tert-OH is 1. The molecule has 1 heterocycles. The molecule has 2 aromatic carbocycles. The van der Waals surface area contributed by atoms with Crippen LogP contribution in [0.4, 0.5) is 0 Å². The van der Waals surface area contributed by atoms with Crippen molar-refractivity contribution in [2.75, 3.05) is 26.2 Å². The van der Waals surface area contributed by atoms with Crippen molar-refractivity contribution in [3.05, 3.63) is 70.8 Å². The normalized spacial score (nSPS) is 17.7. The number of likely N-dealkylation sites (tertiary alicyclic amines) is 1. The molecule has 3 rings (SSSR count). The van der Waals surface area contributed by atoms with Gasteiger partial charge in [-0.25, -0.2) is 0 Å². The lowest BCUT2D eigenvalue weighted by Crippen LogP contribution is -2.33. The molecule has 1 unspecified atom stereocenters. The molecule has 1 N–H and O–H groups in total. The zero-order valence-electron chi connectivity index (χ0n) is 20.9. The zero-order chi connectivity index (χ0) is 24.8. The van der Waals surface area contributed by atoms with Crippen molar-refractivity contribution in [2.45, 2.75) is 53.2 Å². The summed E-state index contributed by atoms with van der Waals surface area (Å²) in [4.78, 5) is 30.2. The lowest BCUT2D eigenvalue weighted by atomic mass is 9.95. The van der Waals surface area contributed by atoms with Crippen molar-refractivity contribution in [1.29, 1.82) is 0 Å². The summed E-state index contributed by atoms with van der Waals surface area (Å²) in [5.41, 5.74) is 2.48. The van der Waals surface area contributed by atoms with E-state index in [1.54, 1.807) is 17.0 Å². The quantitative estimate of drug-likeness (QED) is 0.307. The number of aryl methyl sites for hydroxylation is 1. The summed E-state index contributed by atoms with van der Waals surface area (Å²) in [6.07, 6.45) is 0.780. The Bertz CT molecular complexity index is 1020. The number of amides is 1. The highest BCUT2D eigenvalue weighted by Gasteiger charge is 2.45. The van der Waals surface area contributed by atoms with Crippen LogP contribution >= 0.6 is 0 Å². The lowest BCUT2D eigenvalue weighted by molar-refractivity contribution is -0.140. The summed E-state index contributed by atoms with van der Waals surface area (Å²) in [5, 5.41) is 11.2. The van der Waals surface area contributed by atoms with Crippen LogP contribution in [0.5, 0.6) is 5.75 Å². The molecule has 1 atom stereocenters. The average molecular weight is 465 g/mol. The molecule has 1 amide bonds. The maximum Gasteiger partial charge on any atom is 0.295 e. The fourth-order valence-electron chi connectivity index (χ4n) is 4.33. The van der Waals surface area contributed by atoms with Gasteiger partial charge in [0.15, 0.2) is 0 Å². The number of ether oxygens (including phenoxy) is 1. The first-order chi connectivity index (χ1) is 16.3. The number of carbonyl (C=O) groups is 2. The van der Waals surface area contributed by atoms with E-state index in [1.165, 1.54) is 0 Å². The first kappa shape index (κ1) is 25.5. The van der Waals surface area contributed by atoms with Crippen LogP contribution in [0.25, 0.3) is 5.76 Å². The molecule has 6 nitrogen and oxygen atoms in total. The minimum Gasteiger partial charge on any atom is -0.507 e. The Morgan fingerprint density at radius 3 is 2.21 bits per heavy atom. The molecule has 2 aromatic rings. The molecule has 1 fully saturated rings. The molecular weight excluding hydrogens is 428 g/mol. The molecule has 6 heteroatoms. The summed E-state index contributed by atoms with van der Waals surface area (Å²) < 4.78 is 5.76. The third kappa shape index (κ3) is 5.68. The second-order valence-electron chi connectivity index (χ2n) is 8.97. The Kier molecular flexibility index (Phi) is 8.51. The van der Waals surface area contributed by atoms with Crippen molar-refractivity contribution < 1.29 is 19.4 Å². The number of nitrogens with zero attached hydrogens (tertiary/aromatic N) is 2. The van der Waals surface area contributed by atoms with E-state index in [4.69, 9.17) is 4.74 Å². The van der Waals surface area contributed by atoms with Crippen LogP contribution in [-0.4, -0.2) is 58.9 Å². The molecule has 0 spiro atoms.